The number of carbonyl (C=O) groups excluding carboxylic acids is 1. The second-order valence-electron chi connectivity index (χ2n) is 7.00. The maximum atomic E-state index is 12.9. The van der Waals surface area contributed by atoms with Gasteiger partial charge in [0.05, 0.1) is 6.54 Å². The predicted octanol–water partition coefficient (Wildman–Crippen LogP) is 3.53. The molecule has 0 fully saturated rings. The highest BCUT2D eigenvalue weighted by Crippen LogP contribution is 2.18. The molecular weight excluding hydrogens is 415 g/mol. The molecule has 31 heavy (non-hydrogen) atoms. The van der Waals surface area contributed by atoms with Crippen LogP contribution in [0.2, 0.25) is 0 Å². The Morgan fingerprint density at radius 1 is 1.16 bits per heavy atom. The molecule has 6 nitrogen and oxygen atoms in total. The van der Waals surface area contributed by atoms with Gasteiger partial charge >= 0.3 is 0 Å². The van der Waals surface area contributed by atoms with Gasteiger partial charge in [-0.15, -0.1) is 11.8 Å². The third-order valence-electron chi connectivity index (χ3n) is 4.22. The third kappa shape index (κ3) is 9.74. The molecular formula is C23H31FN4O2S. The second-order valence-corrected chi connectivity index (χ2v) is 8.17. The molecule has 0 aromatic heterocycles. The van der Waals surface area contributed by atoms with Gasteiger partial charge in [-0.05, 0) is 61.1 Å². The van der Waals surface area contributed by atoms with Crippen molar-refractivity contribution in [2.75, 3.05) is 39.5 Å². The van der Waals surface area contributed by atoms with Gasteiger partial charge < -0.3 is 20.3 Å². The number of benzene rings is 2. The number of nitrogens with one attached hydrogen (secondary N) is 2. The lowest BCUT2D eigenvalue weighted by Crippen LogP contribution is -2.37. The van der Waals surface area contributed by atoms with E-state index in [2.05, 4.69) is 15.6 Å². The monoisotopic (exact) mass is 446 g/mol. The summed E-state index contributed by atoms with van der Waals surface area (Å²) in [6, 6.07) is 14.2. The van der Waals surface area contributed by atoms with E-state index in [1.165, 1.54) is 17.0 Å². The topological polar surface area (TPSA) is 66.0 Å². The van der Waals surface area contributed by atoms with E-state index >= 15 is 0 Å². The summed E-state index contributed by atoms with van der Waals surface area (Å²) in [4.78, 5) is 18.9. The zero-order valence-corrected chi connectivity index (χ0v) is 19.2. The number of guanidine groups is 1. The minimum atomic E-state index is -0.211. The summed E-state index contributed by atoms with van der Waals surface area (Å²) in [6.07, 6.45) is 0.954. The molecule has 2 N–H and O–H groups in total. The zero-order valence-electron chi connectivity index (χ0n) is 18.4. The van der Waals surface area contributed by atoms with Crippen LogP contribution in [0.3, 0.4) is 0 Å². The molecule has 0 heterocycles. The van der Waals surface area contributed by atoms with Gasteiger partial charge in [-0.2, -0.15) is 0 Å². The maximum Gasteiger partial charge on any atom is 0.259 e. The number of hydrogen-bond acceptors (Lipinski definition) is 4. The molecule has 1 amide bonds. The van der Waals surface area contributed by atoms with Gasteiger partial charge in [0.25, 0.3) is 5.91 Å². The average Bonchev–Trinajstić information content (AvgIpc) is 2.77. The van der Waals surface area contributed by atoms with E-state index < -0.39 is 0 Å². The third-order valence-corrected chi connectivity index (χ3v) is 5.32. The first-order valence-electron chi connectivity index (χ1n) is 10.3. The number of amides is 1. The van der Waals surface area contributed by atoms with Crippen molar-refractivity contribution in [2.24, 2.45) is 4.99 Å². The van der Waals surface area contributed by atoms with Crippen molar-refractivity contribution < 1.29 is 13.9 Å². The van der Waals surface area contributed by atoms with Crippen molar-refractivity contribution in [3.05, 3.63) is 59.9 Å². The molecule has 0 aliphatic rings. The van der Waals surface area contributed by atoms with Crippen LogP contribution in [0.25, 0.3) is 0 Å². The summed E-state index contributed by atoms with van der Waals surface area (Å²) >= 11 is 1.71. The molecule has 168 valence electrons. The molecule has 0 radical (unpaired) electrons. The number of nitrogens with zero attached hydrogens (tertiary/aromatic N) is 2. The molecule has 0 saturated heterocycles. The SMILES string of the molecule is CCNC(=NCc1cccc(OCC(=O)N(C)C)c1)NCCCSc1ccc(F)cc1. The number of aliphatic imine (C=N–C) groups is 1. The van der Waals surface area contributed by atoms with Crippen LogP contribution in [0, 0.1) is 5.82 Å². The Morgan fingerprint density at radius 3 is 2.65 bits per heavy atom. The van der Waals surface area contributed by atoms with Crippen LogP contribution in [-0.2, 0) is 11.3 Å². The molecule has 0 aliphatic carbocycles. The standard InChI is InChI=1S/C23H31FN4O2S/c1-4-25-23(26-13-6-14-31-21-11-9-19(24)10-12-21)27-16-18-7-5-8-20(15-18)30-17-22(29)28(2)3/h5,7-12,15H,4,6,13-14,16-17H2,1-3H3,(H2,25,26,27). The molecule has 2 aromatic rings. The normalized spacial score (nSPS) is 11.2. The minimum absolute atomic E-state index is 0.0137. The van der Waals surface area contributed by atoms with Crippen LogP contribution in [0.15, 0.2) is 58.4 Å². The Balaban J connectivity index is 1.78. The Kier molecular flexibility index (Phi) is 10.7. The van der Waals surface area contributed by atoms with E-state index in [9.17, 15) is 9.18 Å². The zero-order chi connectivity index (χ0) is 22.5. The quantitative estimate of drug-likeness (QED) is 0.239. The molecule has 0 aliphatic heterocycles. The molecule has 0 atom stereocenters. The number of carbonyl (C=O) groups is 1. The first-order chi connectivity index (χ1) is 15.0. The maximum absolute atomic E-state index is 12.9. The first kappa shape index (κ1) is 24.5. The van der Waals surface area contributed by atoms with E-state index in [4.69, 9.17) is 4.74 Å². The summed E-state index contributed by atoms with van der Waals surface area (Å²) in [7, 11) is 3.40. The Bertz CT molecular complexity index is 844. The number of ether oxygens (including phenoxy) is 1. The summed E-state index contributed by atoms with van der Waals surface area (Å²) in [5.41, 5.74) is 0.999. The van der Waals surface area contributed by atoms with Crippen LogP contribution in [0.1, 0.15) is 18.9 Å². The lowest BCUT2D eigenvalue weighted by Gasteiger charge is -2.12. The van der Waals surface area contributed by atoms with Gasteiger partial charge in [0, 0.05) is 32.1 Å². The van der Waals surface area contributed by atoms with Gasteiger partial charge in [-0.1, -0.05) is 12.1 Å². The van der Waals surface area contributed by atoms with Crippen LogP contribution < -0.4 is 15.4 Å². The highest BCUT2D eigenvalue weighted by atomic mass is 32.2. The van der Waals surface area contributed by atoms with Crippen LogP contribution in [-0.4, -0.2) is 56.3 Å². The molecule has 0 unspecified atom stereocenters. The van der Waals surface area contributed by atoms with Gasteiger partial charge in [-0.3, -0.25) is 4.79 Å². The molecule has 0 spiro atoms. The summed E-state index contributed by atoms with van der Waals surface area (Å²) in [5, 5.41) is 6.58. The van der Waals surface area contributed by atoms with Crippen molar-refractivity contribution in [3.8, 4) is 5.75 Å². The van der Waals surface area contributed by atoms with E-state index in [-0.39, 0.29) is 18.3 Å². The summed E-state index contributed by atoms with van der Waals surface area (Å²) in [5.74, 6) is 2.04. The molecule has 0 bridgehead atoms. The highest BCUT2D eigenvalue weighted by Gasteiger charge is 2.05. The first-order valence-corrected chi connectivity index (χ1v) is 11.3. The van der Waals surface area contributed by atoms with Crippen LogP contribution in [0.5, 0.6) is 5.75 Å². The number of hydrogen-bond donors (Lipinski definition) is 2. The van der Waals surface area contributed by atoms with Gasteiger partial charge in [0.15, 0.2) is 12.6 Å². The number of thioether (sulfide) groups is 1. The van der Waals surface area contributed by atoms with Gasteiger partial charge in [0.1, 0.15) is 11.6 Å². The number of halogens is 1. The van der Waals surface area contributed by atoms with Gasteiger partial charge in [0.2, 0.25) is 0 Å². The fourth-order valence-corrected chi connectivity index (χ4v) is 3.37. The lowest BCUT2D eigenvalue weighted by molar-refractivity contribution is -0.130. The molecule has 2 aromatic carbocycles. The van der Waals surface area contributed by atoms with E-state index in [1.54, 1.807) is 38.0 Å². The Hall–Kier alpha value is -2.74. The van der Waals surface area contributed by atoms with Crippen molar-refractivity contribution in [2.45, 2.75) is 24.8 Å². The predicted molar refractivity (Wildman–Crippen MR) is 125 cm³/mol. The van der Waals surface area contributed by atoms with Crippen molar-refractivity contribution in [1.82, 2.24) is 15.5 Å². The fourth-order valence-electron chi connectivity index (χ4n) is 2.52. The van der Waals surface area contributed by atoms with Crippen LogP contribution in [0.4, 0.5) is 4.39 Å². The largest absolute Gasteiger partial charge is 0.484 e. The van der Waals surface area contributed by atoms with Crippen molar-refractivity contribution >= 4 is 23.6 Å². The molecule has 0 saturated carbocycles. The Labute approximate surface area is 188 Å². The van der Waals surface area contributed by atoms with Crippen molar-refractivity contribution in [1.29, 1.82) is 0 Å². The summed E-state index contributed by atoms with van der Waals surface area (Å²) in [6.45, 7) is 4.10. The van der Waals surface area contributed by atoms with E-state index in [0.29, 0.717) is 12.3 Å². The number of rotatable bonds is 11. The van der Waals surface area contributed by atoms with E-state index in [0.717, 1.165) is 41.7 Å². The summed E-state index contributed by atoms with van der Waals surface area (Å²) < 4.78 is 18.5. The van der Waals surface area contributed by atoms with E-state index in [1.807, 2.05) is 31.2 Å². The highest BCUT2D eigenvalue weighted by molar-refractivity contribution is 7.99. The minimum Gasteiger partial charge on any atom is -0.484 e. The van der Waals surface area contributed by atoms with Crippen LogP contribution >= 0.6 is 11.8 Å². The smallest absolute Gasteiger partial charge is 0.259 e. The second kappa shape index (κ2) is 13.5. The number of likely N-dealkylation sites (N-methyl/N-ethyl adjacent to an activating group) is 1. The van der Waals surface area contributed by atoms with Gasteiger partial charge in [-0.25, -0.2) is 9.38 Å². The van der Waals surface area contributed by atoms with Crippen molar-refractivity contribution in [3.63, 3.8) is 0 Å². The average molecular weight is 447 g/mol. The lowest BCUT2D eigenvalue weighted by atomic mass is 10.2. The fraction of sp³-hybridized carbons (Fsp3) is 0.391. The molecule has 8 heteroatoms. The Morgan fingerprint density at radius 2 is 1.94 bits per heavy atom. The molecule has 2 rings (SSSR count).